The zero-order chi connectivity index (χ0) is 48.0. The van der Waals surface area contributed by atoms with Gasteiger partial charge in [0.2, 0.25) is 5.91 Å². The van der Waals surface area contributed by atoms with Crippen LogP contribution in [0.2, 0.25) is 0 Å². The molecule has 1 N–H and O–H groups in total. The molecule has 3 atom stereocenters. The zero-order valence-corrected chi connectivity index (χ0v) is 44.6. The summed E-state index contributed by atoms with van der Waals surface area (Å²) in [6.07, 6.45) is 51.3. The average Bonchev–Trinajstić information content (AvgIpc) is 3.26. The first-order valence-corrected chi connectivity index (χ1v) is 29.1. The van der Waals surface area contributed by atoms with Gasteiger partial charge in [-0.05, 0) is 57.4 Å². The van der Waals surface area contributed by atoms with Gasteiger partial charge >= 0.3 is 5.97 Å². The number of esters is 1. The lowest BCUT2D eigenvalue weighted by Crippen LogP contribution is -2.47. The van der Waals surface area contributed by atoms with E-state index in [1.165, 1.54) is 161 Å². The number of nitrogens with one attached hydrogen (secondary N) is 1. The Hall–Kier alpha value is -1.51. The van der Waals surface area contributed by atoms with Gasteiger partial charge in [-0.2, -0.15) is 0 Å². The Morgan fingerprint density at radius 3 is 1.32 bits per heavy atom. The number of likely N-dealkylation sites (N-methyl/N-ethyl adjacent to an activating group) is 1. The van der Waals surface area contributed by atoms with Crippen LogP contribution in [0.15, 0.2) is 24.3 Å². The number of ether oxygens (including phenoxy) is 1. The maximum Gasteiger partial charge on any atom is 0.306 e. The maximum atomic E-state index is 13.4. The first-order valence-electron chi connectivity index (χ1n) is 27.6. The Kier molecular flexibility index (Phi) is 45.2. The molecule has 0 saturated heterocycles. The Morgan fingerprint density at radius 1 is 0.523 bits per heavy atom. The van der Waals surface area contributed by atoms with E-state index in [0.717, 1.165) is 64.2 Å². The van der Waals surface area contributed by atoms with Crippen LogP contribution in [0.5, 0.6) is 0 Å². The highest BCUT2D eigenvalue weighted by Gasteiger charge is 2.27. The number of phosphoric ester groups is 1. The van der Waals surface area contributed by atoms with E-state index in [0.29, 0.717) is 23.9 Å². The molecule has 0 aliphatic heterocycles. The number of phosphoric acid groups is 1. The molecule has 0 rings (SSSR count). The molecule has 0 aromatic rings. The molecule has 0 aromatic carbocycles. The Labute approximate surface area is 403 Å². The average molecular weight is 939 g/mol. The number of rotatable bonds is 50. The van der Waals surface area contributed by atoms with Crippen molar-refractivity contribution < 1.29 is 37.3 Å². The van der Waals surface area contributed by atoms with Gasteiger partial charge in [0.25, 0.3) is 7.82 Å². The Balaban J connectivity index is 5.39. The van der Waals surface area contributed by atoms with Crippen molar-refractivity contribution in [1.82, 2.24) is 5.32 Å². The fourth-order valence-corrected chi connectivity index (χ4v) is 8.77. The summed E-state index contributed by atoms with van der Waals surface area (Å²) in [5, 5.41) is 3.01. The number of carbonyl (C=O) groups excluding carboxylic acids is 2. The van der Waals surface area contributed by atoms with Crippen molar-refractivity contribution in [1.29, 1.82) is 0 Å². The molecule has 0 aliphatic carbocycles. The van der Waals surface area contributed by atoms with Crippen LogP contribution in [0.3, 0.4) is 0 Å². The third-order valence-corrected chi connectivity index (χ3v) is 13.3. The fourth-order valence-electron chi connectivity index (χ4n) is 8.05. The van der Waals surface area contributed by atoms with Gasteiger partial charge in [0.15, 0.2) is 0 Å². The first-order chi connectivity index (χ1) is 31.4. The van der Waals surface area contributed by atoms with Crippen LogP contribution >= 0.6 is 7.82 Å². The quantitative estimate of drug-likeness (QED) is 0.0212. The minimum atomic E-state index is -4.69. The van der Waals surface area contributed by atoms with E-state index < -0.39 is 20.0 Å². The topological polar surface area (TPSA) is 114 Å². The number of quaternary nitrogens is 1. The summed E-state index contributed by atoms with van der Waals surface area (Å²) in [5.74, 6) is -0.550. The number of hydrogen-bond donors (Lipinski definition) is 1. The number of allylic oxidation sites excluding steroid dienone is 3. The second-order valence-electron chi connectivity index (χ2n) is 20.1. The highest BCUT2D eigenvalue weighted by molar-refractivity contribution is 7.45. The largest absolute Gasteiger partial charge is 0.756 e. The summed E-state index contributed by atoms with van der Waals surface area (Å²) in [7, 11) is 1.19. The predicted octanol–water partition coefficient (Wildman–Crippen LogP) is 15.6. The molecule has 0 spiro atoms. The van der Waals surface area contributed by atoms with Gasteiger partial charge in [0, 0.05) is 12.8 Å². The molecule has 0 bridgehead atoms. The van der Waals surface area contributed by atoms with Gasteiger partial charge in [-0.25, -0.2) is 0 Å². The monoisotopic (exact) mass is 939 g/mol. The molecule has 3 unspecified atom stereocenters. The Morgan fingerprint density at radius 2 is 0.892 bits per heavy atom. The second kappa shape index (κ2) is 46.2. The molecule has 0 aromatic heterocycles. The van der Waals surface area contributed by atoms with Crippen LogP contribution in [0, 0.1) is 0 Å². The van der Waals surface area contributed by atoms with E-state index in [9.17, 15) is 19.0 Å². The summed E-state index contributed by atoms with van der Waals surface area (Å²) in [6, 6.07) is -0.886. The molecule has 10 heteroatoms. The van der Waals surface area contributed by atoms with Crippen LogP contribution in [0.4, 0.5) is 0 Å². The highest BCUT2D eigenvalue weighted by atomic mass is 31.2. The number of hydrogen-bond acceptors (Lipinski definition) is 7. The number of carbonyl (C=O) groups is 2. The summed E-state index contributed by atoms with van der Waals surface area (Å²) in [4.78, 5) is 39.7. The first kappa shape index (κ1) is 63.5. The Bertz CT molecular complexity index is 1170. The fraction of sp³-hybridized carbons (Fsp3) is 0.891. The predicted molar refractivity (Wildman–Crippen MR) is 275 cm³/mol. The van der Waals surface area contributed by atoms with Crippen molar-refractivity contribution in [3.8, 4) is 0 Å². The second-order valence-corrected chi connectivity index (χ2v) is 21.5. The van der Waals surface area contributed by atoms with Crippen LogP contribution < -0.4 is 10.2 Å². The molecule has 0 aliphatic rings. The standard InChI is InChI=1S/C55H107N2O7P/c1-7-10-13-16-19-22-25-28-30-32-35-38-41-44-47-54(58)56-52(51-63-65(60,61)62-50-49-57(4,5)6)53(46-43-40-37-34-31-27-24-21-18-15-12-9-3)64-55(59)48-45-42-39-36-33-29-26-23-20-17-14-11-8-2/h29,33,43,46,52-53H,7-28,30-32,34-42,44-45,47-51H2,1-6H3,(H-,56,58,60,61)/b33-29-,46-43+. The normalized spacial score (nSPS) is 14.0. The van der Waals surface area contributed by atoms with Crippen molar-refractivity contribution in [2.45, 2.75) is 277 Å². The molecule has 65 heavy (non-hydrogen) atoms. The van der Waals surface area contributed by atoms with Gasteiger partial charge in [-0.3, -0.25) is 14.2 Å². The van der Waals surface area contributed by atoms with E-state index in [2.05, 4.69) is 38.2 Å². The molecule has 384 valence electrons. The smallest absolute Gasteiger partial charge is 0.306 e. The van der Waals surface area contributed by atoms with Crippen LogP contribution in [-0.2, 0) is 27.9 Å². The van der Waals surface area contributed by atoms with Crippen molar-refractivity contribution in [3.05, 3.63) is 24.3 Å². The van der Waals surface area contributed by atoms with Gasteiger partial charge in [0.1, 0.15) is 19.3 Å². The van der Waals surface area contributed by atoms with Gasteiger partial charge in [-0.15, -0.1) is 0 Å². The van der Waals surface area contributed by atoms with Crippen LogP contribution in [0.1, 0.15) is 265 Å². The zero-order valence-electron chi connectivity index (χ0n) is 43.7. The van der Waals surface area contributed by atoms with Crippen LogP contribution in [-0.4, -0.2) is 69.4 Å². The molecule has 1 amide bonds. The van der Waals surface area contributed by atoms with Crippen LogP contribution in [0.25, 0.3) is 0 Å². The molecular weight excluding hydrogens is 832 g/mol. The van der Waals surface area contributed by atoms with E-state index in [1.54, 1.807) is 0 Å². The minimum absolute atomic E-state index is 0.0213. The number of nitrogens with zero attached hydrogens (tertiary/aromatic N) is 1. The minimum Gasteiger partial charge on any atom is -0.756 e. The molecule has 0 fully saturated rings. The number of unbranched alkanes of at least 4 members (excludes halogenated alkanes) is 32. The van der Waals surface area contributed by atoms with Gasteiger partial charge in [0.05, 0.1) is 33.8 Å². The molecular formula is C55H107N2O7P. The lowest BCUT2D eigenvalue weighted by Gasteiger charge is -2.30. The SMILES string of the molecule is CCCCCCCC/C=C\CCCCCC(=O)OC(/C=C/CCCCCCCCCCCC)C(COP(=O)([O-])OCC[N+](C)(C)C)NC(=O)CCCCCCCCCCCCCCCC. The summed E-state index contributed by atoms with van der Waals surface area (Å²) in [6.45, 7) is 6.83. The van der Waals surface area contributed by atoms with Crippen molar-refractivity contribution >= 4 is 19.7 Å². The summed E-state index contributed by atoms with van der Waals surface area (Å²) in [5.41, 5.74) is 0. The third kappa shape index (κ3) is 47.4. The molecule has 0 saturated carbocycles. The lowest BCUT2D eigenvalue weighted by molar-refractivity contribution is -0.870. The van der Waals surface area contributed by atoms with Crippen molar-refractivity contribution in [3.63, 3.8) is 0 Å². The van der Waals surface area contributed by atoms with Crippen molar-refractivity contribution in [2.24, 2.45) is 0 Å². The highest BCUT2D eigenvalue weighted by Crippen LogP contribution is 2.38. The van der Waals surface area contributed by atoms with E-state index in [4.69, 9.17) is 13.8 Å². The van der Waals surface area contributed by atoms with Crippen molar-refractivity contribution in [2.75, 3.05) is 40.9 Å². The molecule has 0 radical (unpaired) electrons. The third-order valence-electron chi connectivity index (χ3n) is 12.4. The van der Waals surface area contributed by atoms with E-state index in [1.807, 2.05) is 33.3 Å². The van der Waals surface area contributed by atoms with E-state index in [-0.39, 0.29) is 31.5 Å². The lowest BCUT2D eigenvalue weighted by atomic mass is 10.0. The van der Waals surface area contributed by atoms with Gasteiger partial charge < -0.3 is 28.5 Å². The molecule has 0 heterocycles. The molecule has 9 nitrogen and oxygen atoms in total. The van der Waals surface area contributed by atoms with E-state index >= 15 is 0 Å². The number of amides is 1. The summed E-state index contributed by atoms with van der Waals surface area (Å²) >= 11 is 0. The summed E-state index contributed by atoms with van der Waals surface area (Å²) < 4.78 is 30.2. The van der Waals surface area contributed by atoms with Gasteiger partial charge in [-0.1, -0.05) is 219 Å². The maximum absolute atomic E-state index is 13.4.